The Bertz CT molecular complexity index is 578. The molecule has 20 heavy (non-hydrogen) atoms. The van der Waals surface area contributed by atoms with Crippen molar-refractivity contribution in [1.29, 1.82) is 0 Å². The van der Waals surface area contributed by atoms with Crippen molar-refractivity contribution >= 4 is 15.9 Å². The van der Waals surface area contributed by atoms with Crippen molar-refractivity contribution < 1.29 is 17.9 Å². The van der Waals surface area contributed by atoms with E-state index in [2.05, 4.69) is 21.2 Å². The maximum absolute atomic E-state index is 14.2. The zero-order valence-corrected chi connectivity index (χ0v) is 12.6. The highest BCUT2D eigenvalue weighted by atomic mass is 79.9. The van der Waals surface area contributed by atoms with Crippen LogP contribution in [-0.2, 0) is 0 Å². The van der Waals surface area contributed by atoms with E-state index in [0.29, 0.717) is 16.8 Å². The predicted octanol–water partition coefficient (Wildman–Crippen LogP) is 4.03. The lowest BCUT2D eigenvalue weighted by atomic mass is 9.99. The quantitative estimate of drug-likeness (QED) is 0.888. The second-order valence-electron chi connectivity index (χ2n) is 4.15. The van der Waals surface area contributed by atoms with E-state index in [4.69, 9.17) is 9.15 Å². The summed E-state index contributed by atoms with van der Waals surface area (Å²) >= 11 is 3.24. The van der Waals surface area contributed by atoms with Gasteiger partial charge in [-0.2, -0.15) is 0 Å². The Balaban J connectivity index is 2.53. The lowest BCUT2D eigenvalue weighted by molar-refractivity contribution is 0.403. The van der Waals surface area contributed by atoms with Gasteiger partial charge in [-0.3, -0.25) is 0 Å². The van der Waals surface area contributed by atoms with Crippen molar-refractivity contribution in [3.63, 3.8) is 0 Å². The molecule has 0 aliphatic carbocycles. The average molecular weight is 346 g/mol. The van der Waals surface area contributed by atoms with Crippen LogP contribution in [0.3, 0.4) is 0 Å². The second kappa shape index (κ2) is 6.37. The fourth-order valence-corrected chi connectivity index (χ4v) is 2.51. The minimum atomic E-state index is -0.666. The summed E-state index contributed by atoms with van der Waals surface area (Å²) in [5.74, 6) is -1.19. The summed E-state index contributed by atoms with van der Waals surface area (Å²) in [5, 5.41) is 3.05. The molecule has 1 aromatic heterocycles. The Morgan fingerprint density at radius 2 is 2.00 bits per heavy atom. The number of rotatable bonds is 5. The van der Waals surface area contributed by atoms with E-state index in [0.717, 1.165) is 12.1 Å². The highest BCUT2D eigenvalue weighted by Gasteiger charge is 2.25. The van der Waals surface area contributed by atoms with Gasteiger partial charge >= 0.3 is 0 Å². The van der Waals surface area contributed by atoms with E-state index in [-0.39, 0.29) is 11.3 Å². The average Bonchev–Trinajstić information content (AvgIpc) is 2.82. The number of furan rings is 1. The van der Waals surface area contributed by atoms with E-state index in [1.54, 1.807) is 6.07 Å². The van der Waals surface area contributed by atoms with Gasteiger partial charge in [0.25, 0.3) is 0 Å². The molecule has 1 heterocycles. The van der Waals surface area contributed by atoms with Gasteiger partial charge in [0.1, 0.15) is 17.4 Å². The van der Waals surface area contributed by atoms with Gasteiger partial charge in [-0.05, 0) is 28.5 Å². The highest BCUT2D eigenvalue weighted by Crippen LogP contribution is 2.33. The molecule has 1 aromatic carbocycles. The number of nitrogens with one attached hydrogen (secondary N) is 1. The molecule has 0 aliphatic rings. The number of hydrogen-bond acceptors (Lipinski definition) is 3. The minimum Gasteiger partial charge on any atom is -0.497 e. The molecule has 1 unspecified atom stereocenters. The Labute approximate surface area is 124 Å². The van der Waals surface area contributed by atoms with Crippen LogP contribution in [-0.4, -0.2) is 13.7 Å². The van der Waals surface area contributed by atoms with Crippen molar-refractivity contribution in [2.45, 2.75) is 13.0 Å². The summed E-state index contributed by atoms with van der Waals surface area (Å²) in [7, 11) is 1.36. The molecule has 0 amide bonds. The molecule has 1 atom stereocenters. The van der Waals surface area contributed by atoms with E-state index in [9.17, 15) is 8.78 Å². The van der Waals surface area contributed by atoms with Gasteiger partial charge in [-0.25, -0.2) is 8.78 Å². The third kappa shape index (κ3) is 2.86. The zero-order valence-electron chi connectivity index (χ0n) is 11.0. The molecule has 0 fully saturated rings. The van der Waals surface area contributed by atoms with Crippen LogP contribution in [0.1, 0.15) is 24.1 Å². The van der Waals surface area contributed by atoms with Crippen molar-refractivity contribution in [1.82, 2.24) is 5.32 Å². The summed E-state index contributed by atoms with van der Waals surface area (Å²) in [6.45, 7) is 2.41. The normalized spacial score (nSPS) is 12.4. The van der Waals surface area contributed by atoms with Crippen LogP contribution >= 0.6 is 15.9 Å². The minimum absolute atomic E-state index is 0.0604. The third-order valence-corrected chi connectivity index (χ3v) is 3.59. The van der Waals surface area contributed by atoms with E-state index >= 15 is 0 Å². The fourth-order valence-electron chi connectivity index (χ4n) is 2.04. The van der Waals surface area contributed by atoms with Crippen molar-refractivity contribution in [2.24, 2.45) is 0 Å². The first-order valence-corrected chi connectivity index (χ1v) is 6.87. The van der Waals surface area contributed by atoms with E-state index < -0.39 is 17.7 Å². The Morgan fingerprint density at radius 3 is 2.45 bits per heavy atom. The molecule has 0 saturated heterocycles. The van der Waals surface area contributed by atoms with Crippen LogP contribution in [0.2, 0.25) is 0 Å². The molecule has 3 nitrogen and oxygen atoms in total. The van der Waals surface area contributed by atoms with Gasteiger partial charge in [0, 0.05) is 23.3 Å². The number of hydrogen-bond donors (Lipinski definition) is 1. The molecule has 0 aliphatic heterocycles. The van der Waals surface area contributed by atoms with Crippen LogP contribution in [0.5, 0.6) is 5.75 Å². The smallest absolute Gasteiger partial charge is 0.174 e. The lowest BCUT2D eigenvalue weighted by Crippen LogP contribution is -2.24. The standard InChI is InChI=1S/C14H14BrF2NO2/c1-3-18-13(9-4-5-20-14(9)15)12-10(16)6-8(19-2)7-11(12)17/h4-7,13,18H,3H2,1-2H3. The Kier molecular flexibility index (Phi) is 4.77. The summed E-state index contributed by atoms with van der Waals surface area (Å²) in [4.78, 5) is 0. The first-order valence-electron chi connectivity index (χ1n) is 6.07. The first kappa shape index (κ1) is 15.0. The number of benzene rings is 1. The number of halogens is 3. The molecular formula is C14H14BrF2NO2. The Morgan fingerprint density at radius 1 is 1.35 bits per heavy atom. The number of methoxy groups -OCH3 is 1. The van der Waals surface area contributed by atoms with Gasteiger partial charge in [-0.1, -0.05) is 6.92 Å². The molecule has 0 spiro atoms. The fraction of sp³-hybridized carbons (Fsp3) is 0.286. The first-order chi connectivity index (χ1) is 9.58. The summed E-state index contributed by atoms with van der Waals surface area (Å²) in [6, 6.07) is 3.35. The molecule has 1 N–H and O–H groups in total. The Hall–Kier alpha value is -1.40. The maximum Gasteiger partial charge on any atom is 0.174 e. The predicted molar refractivity (Wildman–Crippen MR) is 74.8 cm³/mol. The second-order valence-corrected chi connectivity index (χ2v) is 4.87. The van der Waals surface area contributed by atoms with E-state index in [1.165, 1.54) is 13.4 Å². The monoisotopic (exact) mass is 345 g/mol. The molecular weight excluding hydrogens is 332 g/mol. The molecule has 0 bridgehead atoms. The third-order valence-electron chi connectivity index (χ3n) is 2.94. The van der Waals surface area contributed by atoms with Crippen LogP contribution in [0.25, 0.3) is 0 Å². The van der Waals surface area contributed by atoms with Gasteiger partial charge < -0.3 is 14.5 Å². The molecule has 0 radical (unpaired) electrons. The van der Waals surface area contributed by atoms with Crippen molar-refractivity contribution in [3.8, 4) is 5.75 Å². The van der Waals surface area contributed by atoms with Crippen molar-refractivity contribution in [2.75, 3.05) is 13.7 Å². The molecule has 108 valence electrons. The number of ether oxygens (including phenoxy) is 1. The summed E-state index contributed by atoms with van der Waals surface area (Å²) in [5.41, 5.74) is 0.574. The van der Waals surface area contributed by atoms with Crippen LogP contribution in [0, 0.1) is 11.6 Å². The van der Waals surface area contributed by atoms with Gasteiger partial charge in [0.2, 0.25) is 0 Å². The molecule has 6 heteroatoms. The van der Waals surface area contributed by atoms with Gasteiger partial charge in [-0.15, -0.1) is 0 Å². The lowest BCUT2D eigenvalue weighted by Gasteiger charge is -2.19. The van der Waals surface area contributed by atoms with Crippen LogP contribution < -0.4 is 10.1 Å². The topological polar surface area (TPSA) is 34.4 Å². The highest BCUT2D eigenvalue weighted by molar-refractivity contribution is 9.10. The molecule has 2 aromatic rings. The van der Waals surface area contributed by atoms with Gasteiger partial charge in [0.15, 0.2) is 4.67 Å². The van der Waals surface area contributed by atoms with Crippen LogP contribution in [0.15, 0.2) is 33.5 Å². The zero-order chi connectivity index (χ0) is 14.7. The summed E-state index contributed by atoms with van der Waals surface area (Å²) < 4.78 is 38.8. The van der Waals surface area contributed by atoms with Gasteiger partial charge in [0.05, 0.1) is 19.4 Å². The van der Waals surface area contributed by atoms with Crippen molar-refractivity contribution in [3.05, 3.63) is 51.9 Å². The molecule has 2 rings (SSSR count). The largest absolute Gasteiger partial charge is 0.497 e. The maximum atomic E-state index is 14.2. The van der Waals surface area contributed by atoms with Crippen LogP contribution in [0.4, 0.5) is 8.78 Å². The molecule has 0 saturated carbocycles. The SMILES string of the molecule is CCNC(c1ccoc1Br)c1c(F)cc(OC)cc1F. The van der Waals surface area contributed by atoms with E-state index in [1.807, 2.05) is 6.92 Å². The summed E-state index contributed by atoms with van der Waals surface area (Å²) in [6.07, 6.45) is 1.46.